The van der Waals surface area contributed by atoms with Crippen molar-refractivity contribution in [2.45, 2.75) is 27.7 Å². The maximum absolute atomic E-state index is 5.69. The highest BCUT2D eigenvalue weighted by molar-refractivity contribution is 5.39. The molecule has 0 aliphatic heterocycles. The summed E-state index contributed by atoms with van der Waals surface area (Å²) >= 11 is 0. The van der Waals surface area contributed by atoms with Gasteiger partial charge in [0.15, 0.2) is 0 Å². The van der Waals surface area contributed by atoms with Gasteiger partial charge in [-0.1, -0.05) is 44.2 Å². The molecule has 0 fully saturated rings. The fourth-order valence-corrected chi connectivity index (χ4v) is 1.11. The average Bonchev–Trinajstić information content (AvgIpc) is 2.20. The highest BCUT2D eigenvalue weighted by Crippen LogP contribution is 1.75. The molecule has 0 heterocycles. The molecule has 0 saturated carbocycles. The quantitative estimate of drug-likeness (QED) is 0.640. The standard InChI is InChI=1S/C10H13N.C2H6/c1-3-9-6-4-5-7-10(9)8(2)11;1-2/h3-7H,11H2,1-2H3;1-2H3/b9-3-,10-8+;. The summed E-state index contributed by atoms with van der Waals surface area (Å²) in [5, 5.41) is 2.34. The van der Waals surface area contributed by atoms with Crippen molar-refractivity contribution in [2.75, 3.05) is 0 Å². The van der Waals surface area contributed by atoms with Crippen LogP contribution >= 0.6 is 0 Å². The van der Waals surface area contributed by atoms with Gasteiger partial charge in [0.25, 0.3) is 0 Å². The molecule has 0 aliphatic carbocycles. The highest BCUT2D eigenvalue weighted by atomic mass is 14.5. The second kappa shape index (κ2) is 6.30. The Morgan fingerprint density at radius 2 is 1.77 bits per heavy atom. The molecule has 72 valence electrons. The zero-order valence-electron chi connectivity index (χ0n) is 8.96. The van der Waals surface area contributed by atoms with Crippen molar-refractivity contribution >= 4 is 11.8 Å². The van der Waals surface area contributed by atoms with Crippen LogP contribution in [0.15, 0.2) is 24.3 Å². The zero-order chi connectivity index (χ0) is 10.3. The maximum Gasteiger partial charge on any atom is 0.0128 e. The number of hydrogen-bond donors (Lipinski definition) is 1. The van der Waals surface area contributed by atoms with Crippen molar-refractivity contribution in [3.63, 3.8) is 0 Å². The van der Waals surface area contributed by atoms with Crippen LogP contribution in [0.1, 0.15) is 27.7 Å². The Kier molecular flexibility index (Phi) is 5.69. The predicted octanol–water partition coefficient (Wildman–Crippen LogP) is 1.60. The first-order chi connectivity index (χ1) is 6.25. The summed E-state index contributed by atoms with van der Waals surface area (Å²) in [6.45, 7) is 7.93. The average molecular weight is 177 g/mol. The fourth-order valence-electron chi connectivity index (χ4n) is 1.11. The van der Waals surface area contributed by atoms with Crippen LogP contribution in [-0.2, 0) is 0 Å². The smallest absolute Gasteiger partial charge is 0.0128 e. The summed E-state index contributed by atoms with van der Waals surface area (Å²) in [6.07, 6.45) is 2.06. The van der Waals surface area contributed by atoms with Gasteiger partial charge in [-0.15, -0.1) is 0 Å². The molecule has 1 aromatic carbocycles. The number of rotatable bonds is 0. The molecule has 2 N–H and O–H groups in total. The van der Waals surface area contributed by atoms with Gasteiger partial charge < -0.3 is 5.73 Å². The summed E-state index contributed by atoms with van der Waals surface area (Å²) in [7, 11) is 0. The van der Waals surface area contributed by atoms with E-state index < -0.39 is 0 Å². The van der Waals surface area contributed by atoms with Crippen molar-refractivity contribution in [1.29, 1.82) is 0 Å². The molecule has 1 aromatic rings. The van der Waals surface area contributed by atoms with Crippen molar-refractivity contribution in [1.82, 2.24) is 0 Å². The first kappa shape index (κ1) is 11.8. The highest BCUT2D eigenvalue weighted by Gasteiger charge is 1.83. The normalized spacial score (nSPS) is 13.1. The molecular weight excluding hydrogens is 158 g/mol. The summed E-state index contributed by atoms with van der Waals surface area (Å²) in [5.41, 5.74) is 6.56. The Hall–Kier alpha value is -1.24. The van der Waals surface area contributed by atoms with Gasteiger partial charge in [0.1, 0.15) is 0 Å². The van der Waals surface area contributed by atoms with Gasteiger partial charge in [-0.3, -0.25) is 0 Å². The largest absolute Gasteiger partial charge is 0.402 e. The van der Waals surface area contributed by atoms with Crippen LogP contribution in [0, 0.1) is 0 Å². The number of benzene rings is 1. The van der Waals surface area contributed by atoms with Gasteiger partial charge in [-0.25, -0.2) is 0 Å². The molecule has 0 spiro atoms. The van der Waals surface area contributed by atoms with Gasteiger partial charge in [0.2, 0.25) is 0 Å². The molecule has 1 nitrogen and oxygen atoms in total. The van der Waals surface area contributed by atoms with Crippen LogP contribution in [0.25, 0.3) is 11.8 Å². The minimum Gasteiger partial charge on any atom is -0.402 e. The lowest BCUT2D eigenvalue weighted by molar-refractivity contribution is 1.40. The van der Waals surface area contributed by atoms with E-state index in [-0.39, 0.29) is 0 Å². The third-order valence-electron chi connectivity index (χ3n) is 1.70. The van der Waals surface area contributed by atoms with Crippen LogP contribution in [0.4, 0.5) is 0 Å². The van der Waals surface area contributed by atoms with Gasteiger partial charge in [0.05, 0.1) is 0 Å². The minimum absolute atomic E-state index is 0.874. The van der Waals surface area contributed by atoms with Gasteiger partial charge in [-0.05, 0) is 24.3 Å². The molecule has 0 saturated heterocycles. The summed E-state index contributed by atoms with van der Waals surface area (Å²) < 4.78 is 0. The van der Waals surface area contributed by atoms with E-state index >= 15 is 0 Å². The second-order valence-electron chi connectivity index (χ2n) is 2.56. The fraction of sp³-hybridized carbons (Fsp3) is 0.333. The van der Waals surface area contributed by atoms with Crippen LogP contribution in [0.5, 0.6) is 0 Å². The van der Waals surface area contributed by atoms with E-state index in [1.54, 1.807) is 0 Å². The molecule has 0 radical (unpaired) electrons. The topological polar surface area (TPSA) is 26.0 Å². The molecule has 0 aliphatic rings. The van der Waals surface area contributed by atoms with Crippen LogP contribution in [-0.4, -0.2) is 0 Å². The minimum atomic E-state index is 0.874. The zero-order valence-corrected chi connectivity index (χ0v) is 8.96. The Balaban J connectivity index is 0.000000671. The molecule has 1 heteroatoms. The second-order valence-corrected chi connectivity index (χ2v) is 2.56. The Morgan fingerprint density at radius 3 is 2.15 bits per heavy atom. The van der Waals surface area contributed by atoms with Gasteiger partial charge in [-0.2, -0.15) is 0 Å². The van der Waals surface area contributed by atoms with E-state index in [0.717, 1.165) is 10.9 Å². The molecule has 0 aromatic heterocycles. The number of hydrogen-bond acceptors (Lipinski definition) is 1. The van der Waals surface area contributed by atoms with E-state index in [9.17, 15) is 0 Å². The van der Waals surface area contributed by atoms with E-state index in [2.05, 4.69) is 12.1 Å². The molecule has 13 heavy (non-hydrogen) atoms. The summed E-state index contributed by atoms with van der Waals surface area (Å²) in [5.74, 6) is 0. The lowest BCUT2D eigenvalue weighted by Gasteiger charge is -1.91. The Morgan fingerprint density at radius 1 is 1.23 bits per heavy atom. The van der Waals surface area contributed by atoms with Crippen molar-refractivity contribution in [3.05, 3.63) is 34.7 Å². The summed E-state index contributed by atoms with van der Waals surface area (Å²) in [4.78, 5) is 0. The first-order valence-electron chi connectivity index (χ1n) is 4.73. The van der Waals surface area contributed by atoms with Crippen LogP contribution in [0.2, 0.25) is 0 Å². The third kappa shape index (κ3) is 3.32. The van der Waals surface area contributed by atoms with Crippen LogP contribution in [0.3, 0.4) is 0 Å². The van der Waals surface area contributed by atoms with E-state index in [1.165, 1.54) is 5.22 Å². The molecule has 0 unspecified atom stereocenters. The van der Waals surface area contributed by atoms with Crippen LogP contribution < -0.4 is 16.2 Å². The predicted molar refractivity (Wildman–Crippen MR) is 60.4 cm³/mol. The van der Waals surface area contributed by atoms with E-state index in [0.29, 0.717) is 0 Å². The SMILES string of the molecule is C/C=c1/cccc/c1=C(/C)N.CC. The lowest BCUT2D eigenvalue weighted by Crippen LogP contribution is -2.27. The molecule has 0 amide bonds. The molecular formula is C12H19N. The third-order valence-corrected chi connectivity index (χ3v) is 1.70. The first-order valence-corrected chi connectivity index (χ1v) is 4.73. The number of nitrogens with two attached hydrogens (primary N) is 1. The summed E-state index contributed by atoms with van der Waals surface area (Å²) in [6, 6.07) is 8.11. The molecule has 0 bridgehead atoms. The Bertz CT molecular complexity index is 346. The molecule has 1 rings (SSSR count). The van der Waals surface area contributed by atoms with Gasteiger partial charge >= 0.3 is 0 Å². The van der Waals surface area contributed by atoms with E-state index in [4.69, 9.17) is 5.73 Å². The lowest BCUT2D eigenvalue weighted by atomic mass is 10.2. The molecule has 0 atom stereocenters. The monoisotopic (exact) mass is 177 g/mol. The maximum atomic E-state index is 5.69. The van der Waals surface area contributed by atoms with Crippen molar-refractivity contribution < 1.29 is 0 Å². The van der Waals surface area contributed by atoms with E-state index in [1.807, 2.05) is 45.9 Å². The van der Waals surface area contributed by atoms with Gasteiger partial charge in [0, 0.05) is 5.70 Å². The van der Waals surface area contributed by atoms with Crippen molar-refractivity contribution in [2.24, 2.45) is 5.73 Å². The van der Waals surface area contributed by atoms with Crippen molar-refractivity contribution in [3.8, 4) is 0 Å². The Labute approximate surface area is 80.6 Å².